The van der Waals surface area contributed by atoms with Crippen LogP contribution in [0.3, 0.4) is 0 Å². The SMILES string of the molecule is CC(C)OC(=O)C[C@H]1[C@H](C)/C=C\C[C@H](O)[C@@H]2CC[C@H]2CN2C[C@@]3(CCCc4cc(Cl)ccc43)COc3ccc(cc32)C(=O)NS1(=O)=O. The summed E-state index contributed by atoms with van der Waals surface area (Å²) in [6.07, 6.45) is 7.21. The Hall–Kier alpha value is -3.08. The second-order valence-electron chi connectivity index (χ2n) is 14.1. The first kappa shape index (κ1) is 33.8. The van der Waals surface area contributed by atoms with Crippen LogP contribution in [0.25, 0.3) is 0 Å². The summed E-state index contributed by atoms with van der Waals surface area (Å²) < 4.78 is 41.5. The van der Waals surface area contributed by atoms with E-state index in [2.05, 4.69) is 21.8 Å². The molecule has 0 saturated heterocycles. The van der Waals surface area contributed by atoms with Gasteiger partial charge in [-0.3, -0.25) is 9.59 Å². The van der Waals surface area contributed by atoms with Crippen molar-refractivity contribution in [2.45, 2.75) is 88.6 Å². The molecule has 2 aliphatic carbocycles. The van der Waals surface area contributed by atoms with Gasteiger partial charge in [0, 0.05) is 29.1 Å². The van der Waals surface area contributed by atoms with Crippen LogP contribution in [-0.4, -0.2) is 62.6 Å². The Balaban J connectivity index is 1.39. The third-order valence-corrected chi connectivity index (χ3v) is 12.6. The number of aliphatic hydroxyl groups is 1. The van der Waals surface area contributed by atoms with Crippen molar-refractivity contribution >= 4 is 39.2 Å². The highest BCUT2D eigenvalue weighted by Gasteiger charge is 2.44. The average molecular weight is 685 g/mol. The van der Waals surface area contributed by atoms with Gasteiger partial charge in [-0.25, -0.2) is 13.1 Å². The lowest BCUT2D eigenvalue weighted by atomic mass is 9.68. The Morgan fingerprint density at radius 3 is 2.77 bits per heavy atom. The predicted octanol–water partition coefficient (Wildman–Crippen LogP) is 5.57. The van der Waals surface area contributed by atoms with Gasteiger partial charge in [0.25, 0.3) is 5.91 Å². The number of hydrogen-bond acceptors (Lipinski definition) is 8. The Kier molecular flexibility index (Phi) is 9.67. The van der Waals surface area contributed by atoms with Gasteiger partial charge in [-0.15, -0.1) is 0 Å². The molecule has 2 aromatic carbocycles. The van der Waals surface area contributed by atoms with E-state index in [0.717, 1.165) is 37.8 Å². The van der Waals surface area contributed by atoms with Crippen LogP contribution in [0.1, 0.15) is 80.8 Å². The summed E-state index contributed by atoms with van der Waals surface area (Å²) in [5.41, 5.74) is 3.05. The van der Waals surface area contributed by atoms with Crippen LogP contribution in [0, 0.1) is 17.8 Å². The number of aryl methyl sites for hydroxylation is 1. The molecule has 4 aliphatic rings. The fraction of sp³-hybridized carbons (Fsp3) is 0.556. The molecule has 1 spiro atoms. The van der Waals surface area contributed by atoms with Crippen molar-refractivity contribution in [2.75, 3.05) is 24.6 Å². The van der Waals surface area contributed by atoms with Crippen LogP contribution in [0.15, 0.2) is 48.6 Å². The van der Waals surface area contributed by atoms with Gasteiger partial charge in [0.15, 0.2) is 0 Å². The number of hydrogen-bond donors (Lipinski definition) is 2. The maximum Gasteiger partial charge on any atom is 0.307 e. The fourth-order valence-electron chi connectivity index (χ4n) is 7.92. The van der Waals surface area contributed by atoms with E-state index in [-0.39, 0.29) is 22.8 Å². The lowest BCUT2D eigenvalue weighted by Crippen LogP contribution is -2.49. The number of esters is 1. The second-order valence-corrected chi connectivity index (χ2v) is 16.5. The van der Waals surface area contributed by atoms with Gasteiger partial charge < -0.3 is 19.5 Å². The van der Waals surface area contributed by atoms with Crippen molar-refractivity contribution in [1.29, 1.82) is 0 Å². The van der Waals surface area contributed by atoms with Gasteiger partial charge >= 0.3 is 5.97 Å². The van der Waals surface area contributed by atoms with Gasteiger partial charge in [0.2, 0.25) is 10.0 Å². The summed E-state index contributed by atoms with van der Waals surface area (Å²) in [6.45, 7) is 6.86. The highest BCUT2D eigenvalue weighted by atomic mass is 35.5. The van der Waals surface area contributed by atoms with E-state index in [1.165, 1.54) is 11.1 Å². The number of ether oxygens (including phenoxy) is 2. The van der Waals surface area contributed by atoms with E-state index in [9.17, 15) is 23.1 Å². The number of sulfonamides is 1. The van der Waals surface area contributed by atoms with Crippen LogP contribution in [0.5, 0.6) is 5.75 Å². The molecule has 6 atom stereocenters. The molecule has 2 bridgehead atoms. The number of anilines is 1. The number of carbonyl (C=O) groups excluding carboxylic acids is 2. The molecule has 2 N–H and O–H groups in total. The number of nitrogens with zero attached hydrogens (tertiary/aromatic N) is 1. The topological polar surface area (TPSA) is 122 Å². The zero-order chi connectivity index (χ0) is 33.5. The van der Waals surface area contributed by atoms with Gasteiger partial charge in [0.1, 0.15) is 5.75 Å². The zero-order valence-corrected chi connectivity index (χ0v) is 28.9. The zero-order valence-electron chi connectivity index (χ0n) is 27.3. The summed E-state index contributed by atoms with van der Waals surface area (Å²) in [5.74, 6) is -1.12. The normalized spacial score (nSPS) is 31.0. The number of amides is 1. The van der Waals surface area contributed by atoms with E-state index < -0.39 is 51.7 Å². The molecular weight excluding hydrogens is 640 g/mol. The van der Waals surface area contributed by atoms with Crippen LogP contribution in [-0.2, 0) is 31.4 Å². The maximum absolute atomic E-state index is 13.7. The van der Waals surface area contributed by atoms with E-state index in [0.29, 0.717) is 36.9 Å². The number of nitrogens with one attached hydrogen (secondary N) is 1. The molecule has 9 nitrogen and oxygen atoms in total. The van der Waals surface area contributed by atoms with Crippen molar-refractivity contribution in [3.8, 4) is 5.75 Å². The first-order valence-corrected chi connectivity index (χ1v) is 18.7. The maximum atomic E-state index is 13.7. The molecule has 2 aliphatic heterocycles. The van der Waals surface area contributed by atoms with E-state index >= 15 is 0 Å². The van der Waals surface area contributed by atoms with Crippen molar-refractivity contribution in [3.63, 3.8) is 0 Å². The largest absolute Gasteiger partial charge is 0.490 e. The number of carbonyl (C=O) groups is 2. The van der Waals surface area contributed by atoms with Crippen molar-refractivity contribution in [2.24, 2.45) is 17.8 Å². The summed E-state index contributed by atoms with van der Waals surface area (Å²) in [5, 5.41) is 10.8. The predicted molar refractivity (Wildman–Crippen MR) is 181 cm³/mol. The minimum absolute atomic E-state index is 0.0795. The Labute approximate surface area is 282 Å². The fourth-order valence-corrected chi connectivity index (χ4v) is 9.65. The van der Waals surface area contributed by atoms with Gasteiger partial charge in [0.05, 0.1) is 36.2 Å². The smallest absolute Gasteiger partial charge is 0.307 e. The molecule has 1 amide bonds. The molecule has 1 fully saturated rings. The summed E-state index contributed by atoms with van der Waals surface area (Å²) >= 11 is 6.40. The molecule has 254 valence electrons. The summed E-state index contributed by atoms with van der Waals surface area (Å²) in [6, 6.07) is 11.1. The highest BCUT2D eigenvalue weighted by Crippen LogP contribution is 2.47. The first-order valence-electron chi connectivity index (χ1n) is 16.8. The minimum Gasteiger partial charge on any atom is -0.490 e. The number of aliphatic hydroxyl groups excluding tert-OH is 1. The third kappa shape index (κ3) is 7.06. The van der Waals surface area contributed by atoms with Crippen LogP contribution in [0.4, 0.5) is 5.69 Å². The summed E-state index contributed by atoms with van der Waals surface area (Å²) in [7, 11) is -4.32. The average Bonchev–Trinajstić information content (AvgIpc) is 3.13. The number of allylic oxidation sites excluding steroid dienone is 1. The lowest BCUT2D eigenvalue weighted by molar-refractivity contribution is -0.147. The highest BCUT2D eigenvalue weighted by molar-refractivity contribution is 7.90. The molecule has 47 heavy (non-hydrogen) atoms. The number of halogens is 1. The number of fused-ring (bicyclic) bond motifs is 4. The monoisotopic (exact) mass is 684 g/mol. The van der Waals surface area contributed by atoms with Crippen molar-refractivity contribution in [1.82, 2.24) is 4.72 Å². The first-order chi connectivity index (χ1) is 22.3. The molecule has 2 heterocycles. The summed E-state index contributed by atoms with van der Waals surface area (Å²) in [4.78, 5) is 28.6. The van der Waals surface area contributed by atoms with Crippen LogP contribution < -0.4 is 14.4 Å². The Bertz CT molecular complexity index is 1660. The minimum atomic E-state index is -4.32. The lowest BCUT2D eigenvalue weighted by Gasteiger charge is -2.45. The van der Waals surface area contributed by atoms with Crippen molar-refractivity contribution < 1.29 is 32.6 Å². The molecular formula is C36H45ClN2O7S. The quantitative estimate of drug-likeness (QED) is 0.318. The molecule has 0 aromatic heterocycles. The van der Waals surface area contributed by atoms with Crippen LogP contribution >= 0.6 is 11.6 Å². The molecule has 0 radical (unpaired) electrons. The van der Waals surface area contributed by atoms with Gasteiger partial charge in [-0.2, -0.15) is 0 Å². The van der Waals surface area contributed by atoms with E-state index in [1.54, 1.807) is 51.1 Å². The number of benzene rings is 2. The van der Waals surface area contributed by atoms with Gasteiger partial charge in [-0.1, -0.05) is 36.7 Å². The molecule has 0 unspecified atom stereocenters. The second kappa shape index (κ2) is 13.4. The van der Waals surface area contributed by atoms with E-state index in [1.807, 2.05) is 6.07 Å². The molecule has 2 aromatic rings. The third-order valence-electron chi connectivity index (χ3n) is 10.5. The molecule has 1 saturated carbocycles. The number of rotatable bonds is 3. The Morgan fingerprint density at radius 1 is 1.21 bits per heavy atom. The van der Waals surface area contributed by atoms with Crippen molar-refractivity contribution in [3.05, 3.63) is 70.3 Å². The van der Waals surface area contributed by atoms with E-state index in [4.69, 9.17) is 21.1 Å². The standard InChI is InChI=1S/C36H45ClN2O7S/c1-22(2)46-34(41)18-33-23(3)6-4-8-31(40)28-12-9-26(28)19-39-20-36(15-5-7-24-16-27(37)11-13-29(24)36)21-45-32-14-10-25(17-30(32)39)35(42)38-47(33,43)44/h4,6,10-11,13-14,16-17,22-23,26,28,31,33,40H,5,7-9,12,15,18-21H2,1-3H3,(H,38,42)/b6-4-/t23-,26+,28-,31+,33+,36+/m1/s1. The van der Waals surface area contributed by atoms with Crippen LogP contribution in [0.2, 0.25) is 5.02 Å². The molecule has 11 heteroatoms. The van der Waals surface area contributed by atoms with Gasteiger partial charge in [-0.05, 0) is 112 Å². The Morgan fingerprint density at radius 2 is 2.02 bits per heavy atom. The molecule has 6 rings (SSSR count).